The first-order valence-electron chi connectivity index (χ1n) is 6.86. The van der Waals surface area contributed by atoms with Gasteiger partial charge in [0.1, 0.15) is 0 Å². The molecule has 0 fully saturated rings. The van der Waals surface area contributed by atoms with Crippen LogP contribution in [0.3, 0.4) is 0 Å². The zero-order valence-corrected chi connectivity index (χ0v) is 12.2. The van der Waals surface area contributed by atoms with Crippen LogP contribution in [-0.2, 0) is 4.79 Å². The topological polar surface area (TPSA) is 81.7 Å². The number of likely N-dealkylation sites (N-methyl/N-ethyl adjacent to an activating group) is 2. The molecule has 0 aromatic rings. The molecule has 0 bridgehead atoms. The van der Waals surface area contributed by atoms with Crippen molar-refractivity contribution >= 4 is 12.0 Å². The van der Waals surface area contributed by atoms with Crippen molar-refractivity contribution in [3.63, 3.8) is 0 Å². The van der Waals surface area contributed by atoms with Gasteiger partial charge in [0, 0.05) is 33.1 Å². The fraction of sp³-hybridized carbons (Fsp3) is 0.846. The van der Waals surface area contributed by atoms with E-state index in [1.807, 2.05) is 14.0 Å². The van der Waals surface area contributed by atoms with Gasteiger partial charge in [-0.05, 0) is 25.8 Å². The van der Waals surface area contributed by atoms with Crippen LogP contribution in [0.2, 0.25) is 0 Å². The normalized spacial score (nSPS) is 11.9. The summed E-state index contributed by atoms with van der Waals surface area (Å²) < 4.78 is 0. The predicted molar refractivity (Wildman–Crippen MR) is 75.2 cm³/mol. The van der Waals surface area contributed by atoms with Crippen molar-refractivity contribution in [3.05, 3.63) is 0 Å². The lowest BCUT2D eigenvalue weighted by molar-refractivity contribution is -0.137. The van der Waals surface area contributed by atoms with E-state index in [4.69, 9.17) is 5.11 Å². The van der Waals surface area contributed by atoms with Crippen molar-refractivity contribution in [2.24, 2.45) is 5.92 Å². The largest absolute Gasteiger partial charge is 0.481 e. The number of hydrogen-bond acceptors (Lipinski definition) is 3. The molecule has 0 radical (unpaired) electrons. The molecule has 0 aliphatic heterocycles. The Labute approximate surface area is 115 Å². The van der Waals surface area contributed by atoms with E-state index in [-0.39, 0.29) is 12.5 Å². The van der Waals surface area contributed by atoms with Crippen LogP contribution in [-0.4, -0.2) is 55.7 Å². The number of urea groups is 1. The minimum absolute atomic E-state index is 0.0802. The fourth-order valence-electron chi connectivity index (χ4n) is 1.78. The van der Waals surface area contributed by atoms with Gasteiger partial charge in [-0.3, -0.25) is 4.79 Å². The summed E-state index contributed by atoms with van der Waals surface area (Å²) in [5.74, 6) is -0.395. The lowest BCUT2D eigenvalue weighted by Gasteiger charge is -2.19. The molecule has 0 aliphatic carbocycles. The monoisotopic (exact) mass is 273 g/mol. The average Bonchev–Trinajstić information content (AvgIpc) is 2.39. The Morgan fingerprint density at radius 3 is 2.47 bits per heavy atom. The predicted octanol–water partition coefficient (Wildman–Crippen LogP) is 1.13. The Balaban J connectivity index is 3.79. The molecule has 0 spiro atoms. The summed E-state index contributed by atoms with van der Waals surface area (Å²) >= 11 is 0. The van der Waals surface area contributed by atoms with Gasteiger partial charge in [-0.25, -0.2) is 4.79 Å². The average molecular weight is 273 g/mol. The van der Waals surface area contributed by atoms with Gasteiger partial charge in [-0.2, -0.15) is 0 Å². The highest BCUT2D eigenvalue weighted by Gasteiger charge is 2.11. The second kappa shape index (κ2) is 10.6. The highest BCUT2D eigenvalue weighted by Crippen LogP contribution is 2.14. The maximum absolute atomic E-state index is 11.7. The first-order valence-corrected chi connectivity index (χ1v) is 6.86. The molecular weight excluding hydrogens is 246 g/mol. The molecule has 0 heterocycles. The molecule has 6 nitrogen and oxygen atoms in total. The van der Waals surface area contributed by atoms with E-state index in [1.165, 1.54) is 0 Å². The van der Waals surface area contributed by atoms with Crippen molar-refractivity contribution in [3.8, 4) is 0 Å². The molecule has 0 rings (SSSR count). The third-order valence-corrected chi connectivity index (χ3v) is 3.22. The summed E-state index contributed by atoms with van der Waals surface area (Å²) in [5, 5.41) is 14.5. The van der Waals surface area contributed by atoms with E-state index in [0.29, 0.717) is 25.4 Å². The highest BCUT2D eigenvalue weighted by molar-refractivity contribution is 5.73. The molecule has 19 heavy (non-hydrogen) atoms. The molecule has 0 aromatic heterocycles. The lowest BCUT2D eigenvalue weighted by atomic mass is 9.97. The number of carbonyl (C=O) groups is 2. The number of nitrogens with one attached hydrogen (secondary N) is 2. The van der Waals surface area contributed by atoms with Crippen molar-refractivity contribution in [2.45, 2.75) is 32.6 Å². The van der Waals surface area contributed by atoms with Gasteiger partial charge in [-0.15, -0.1) is 0 Å². The van der Waals surface area contributed by atoms with Crippen molar-refractivity contribution in [2.75, 3.05) is 33.7 Å². The molecule has 0 saturated carbocycles. The molecule has 0 aromatic carbocycles. The molecule has 1 unspecified atom stereocenters. The van der Waals surface area contributed by atoms with Gasteiger partial charge in [0.25, 0.3) is 0 Å². The summed E-state index contributed by atoms with van der Waals surface area (Å²) in [5.41, 5.74) is 0. The number of carboxylic acid groups (broad SMARTS) is 1. The van der Waals surface area contributed by atoms with Gasteiger partial charge in [0.2, 0.25) is 0 Å². The van der Waals surface area contributed by atoms with Crippen LogP contribution in [0.5, 0.6) is 0 Å². The minimum atomic E-state index is -0.755. The van der Waals surface area contributed by atoms with Gasteiger partial charge in [-0.1, -0.05) is 13.3 Å². The number of carboxylic acids is 1. The maximum Gasteiger partial charge on any atom is 0.317 e. The molecule has 2 amide bonds. The highest BCUT2D eigenvalue weighted by atomic mass is 16.4. The number of rotatable bonds is 10. The van der Waals surface area contributed by atoms with Crippen LogP contribution >= 0.6 is 0 Å². The second-order valence-electron chi connectivity index (χ2n) is 4.75. The molecule has 112 valence electrons. The van der Waals surface area contributed by atoms with Crippen LogP contribution < -0.4 is 10.6 Å². The number of hydrogen-bond donors (Lipinski definition) is 3. The first kappa shape index (κ1) is 17.7. The van der Waals surface area contributed by atoms with Crippen LogP contribution in [0, 0.1) is 5.92 Å². The number of carbonyl (C=O) groups excluding carboxylic acids is 1. The second-order valence-corrected chi connectivity index (χ2v) is 4.75. The Kier molecular flexibility index (Phi) is 9.88. The summed E-state index contributed by atoms with van der Waals surface area (Å²) in [6.45, 7) is 4.08. The molecule has 3 N–H and O–H groups in total. The van der Waals surface area contributed by atoms with E-state index in [2.05, 4.69) is 10.6 Å². The molecule has 1 atom stereocenters. The SMILES string of the molecule is CCC(CCNC(=O)N(C)CCNC)CCC(=O)O. The van der Waals surface area contributed by atoms with Crippen molar-refractivity contribution < 1.29 is 14.7 Å². The van der Waals surface area contributed by atoms with E-state index in [0.717, 1.165) is 19.4 Å². The van der Waals surface area contributed by atoms with Crippen LogP contribution in [0.1, 0.15) is 32.6 Å². The first-order chi connectivity index (χ1) is 9.01. The Hall–Kier alpha value is -1.30. The standard InChI is InChI=1S/C13H27N3O3/c1-4-11(5-6-12(17)18)7-8-15-13(19)16(3)10-9-14-2/h11,14H,4-10H2,1-3H3,(H,15,19)(H,17,18). The Bertz CT molecular complexity index is 272. The Morgan fingerprint density at radius 1 is 1.26 bits per heavy atom. The van der Waals surface area contributed by atoms with E-state index in [1.54, 1.807) is 11.9 Å². The minimum Gasteiger partial charge on any atom is -0.481 e. The van der Waals surface area contributed by atoms with Crippen LogP contribution in [0.25, 0.3) is 0 Å². The number of aliphatic carboxylic acids is 1. The Morgan fingerprint density at radius 2 is 1.95 bits per heavy atom. The summed E-state index contributed by atoms with van der Waals surface area (Å²) in [6.07, 6.45) is 2.65. The van der Waals surface area contributed by atoms with Gasteiger partial charge in [0.15, 0.2) is 0 Å². The van der Waals surface area contributed by atoms with E-state index >= 15 is 0 Å². The summed E-state index contributed by atoms with van der Waals surface area (Å²) in [7, 11) is 3.61. The molecular formula is C13H27N3O3. The maximum atomic E-state index is 11.7. The van der Waals surface area contributed by atoms with Gasteiger partial charge >= 0.3 is 12.0 Å². The quantitative estimate of drug-likeness (QED) is 0.557. The lowest BCUT2D eigenvalue weighted by Crippen LogP contribution is -2.40. The van der Waals surface area contributed by atoms with E-state index in [9.17, 15) is 9.59 Å². The summed E-state index contributed by atoms with van der Waals surface area (Å²) in [6, 6.07) is -0.0802. The van der Waals surface area contributed by atoms with Gasteiger partial charge in [0.05, 0.1) is 0 Å². The summed E-state index contributed by atoms with van der Waals surface area (Å²) in [4.78, 5) is 23.8. The van der Waals surface area contributed by atoms with E-state index < -0.39 is 5.97 Å². The van der Waals surface area contributed by atoms with Crippen molar-refractivity contribution in [1.82, 2.24) is 15.5 Å². The molecule has 6 heteroatoms. The third-order valence-electron chi connectivity index (χ3n) is 3.22. The number of amides is 2. The smallest absolute Gasteiger partial charge is 0.317 e. The molecule has 0 aliphatic rings. The zero-order chi connectivity index (χ0) is 14.7. The third kappa shape index (κ3) is 9.30. The van der Waals surface area contributed by atoms with Crippen molar-refractivity contribution in [1.29, 1.82) is 0 Å². The zero-order valence-electron chi connectivity index (χ0n) is 12.2. The number of nitrogens with zero attached hydrogens (tertiary/aromatic N) is 1. The van der Waals surface area contributed by atoms with Gasteiger partial charge < -0.3 is 20.6 Å². The fourth-order valence-corrected chi connectivity index (χ4v) is 1.78. The van der Waals surface area contributed by atoms with Crippen LogP contribution in [0.4, 0.5) is 4.79 Å². The molecule has 0 saturated heterocycles. The van der Waals surface area contributed by atoms with Crippen LogP contribution in [0.15, 0.2) is 0 Å².